The van der Waals surface area contributed by atoms with Gasteiger partial charge in [0.1, 0.15) is 0 Å². The van der Waals surface area contributed by atoms with E-state index >= 15 is 0 Å². The topological polar surface area (TPSA) is 38.5 Å². The van der Waals surface area contributed by atoms with Gasteiger partial charge < -0.3 is 15.4 Å². The van der Waals surface area contributed by atoms with Crippen LogP contribution in [0.1, 0.15) is 27.2 Å². The summed E-state index contributed by atoms with van der Waals surface area (Å²) in [5.74, 6) is 0.755. The number of rotatable bonds is 8. The Bertz CT molecular complexity index is 126. The Hall–Kier alpha value is -0.120. The number of hydrogen-bond acceptors (Lipinski definition) is 3. The molecule has 3 nitrogen and oxygen atoms in total. The van der Waals surface area contributed by atoms with Gasteiger partial charge in [-0.15, -0.1) is 0 Å². The highest BCUT2D eigenvalue weighted by Gasteiger charge is 2.12. The molecule has 3 heteroatoms. The van der Waals surface area contributed by atoms with Crippen LogP contribution < -0.4 is 5.73 Å². The van der Waals surface area contributed by atoms with E-state index in [-0.39, 0.29) is 6.10 Å². The monoisotopic (exact) mass is 202 g/mol. The predicted molar refractivity (Wildman–Crippen MR) is 61.4 cm³/mol. The van der Waals surface area contributed by atoms with Crippen molar-refractivity contribution in [1.82, 2.24) is 4.90 Å². The minimum absolute atomic E-state index is 0.180. The van der Waals surface area contributed by atoms with E-state index in [9.17, 15) is 0 Å². The molecule has 0 radical (unpaired) electrons. The Morgan fingerprint density at radius 2 is 1.93 bits per heavy atom. The predicted octanol–water partition coefficient (Wildman–Crippen LogP) is 1.33. The van der Waals surface area contributed by atoms with E-state index in [1.54, 1.807) is 7.11 Å². The molecule has 0 aliphatic rings. The van der Waals surface area contributed by atoms with Crippen molar-refractivity contribution in [3.05, 3.63) is 0 Å². The Kier molecular flexibility index (Phi) is 8.14. The quantitative estimate of drug-likeness (QED) is 0.645. The molecule has 0 amide bonds. The molecule has 0 spiro atoms. The van der Waals surface area contributed by atoms with Gasteiger partial charge >= 0.3 is 0 Å². The lowest BCUT2D eigenvalue weighted by Crippen LogP contribution is -2.39. The summed E-state index contributed by atoms with van der Waals surface area (Å²) in [5.41, 5.74) is 5.60. The third-order valence-electron chi connectivity index (χ3n) is 2.77. The molecule has 0 aromatic carbocycles. The molecule has 2 atom stereocenters. The van der Waals surface area contributed by atoms with Gasteiger partial charge in [0.2, 0.25) is 0 Å². The molecule has 2 unspecified atom stereocenters. The first kappa shape index (κ1) is 13.9. The van der Waals surface area contributed by atoms with Crippen LogP contribution in [-0.2, 0) is 4.74 Å². The molecule has 0 saturated heterocycles. The molecule has 0 fully saturated rings. The van der Waals surface area contributed by atoms with Gasteiger partial charge in [-0.3, -0.25) is 0 Å². The summed E-state index contributed by atoms with van der Waals surface area (Å²) in [4.78, 5) is 2.41. The Morgan fingerprint density at radius 1 is 1.29 bits per heavy atom. The van der Waals surface area contributed by atoms with Crippen LogP contribution in [0.4, 0.5) is 0 Å². The van der Waals surface area contributed by atoms with Gasteiger partial charge in [0.15, 0.2) is 0 Å². The first-order chi connectivity index (χ1) is 6.67. The highest BCUT2D eigenvalue weighted by molar-refractivity contribution is 4.67. The fourth-order valence-electron chi connectivity index (χ4n) is 1.44. The van der Waals surface area contributed by atoms with Gasteiger partial charge in [0.25, 0.3) is 0 Å². The van der Waals surface area contributed by atoms with Gasteiger partial charge in [-0.25, -0.2) is 0 Å². The molecule has 0 aliphatic carbocycles. The second-order valence-corrected chi connectivity index (χ2v) is 3.96. The van der Waals surface area contributed by atoms with Gasteiger partial charge in [-0.2, -0.15) is 0 Å². The number of ether oxygens (including phenoxy) is 1. The molecule has 0 rings (SSSR count). The van der Waals surface area contributed by atoms with Crippen molar-refractivity contribution in [2.24, 2.45) is 11.7 Å². The highest BCUT2D eigenvalue weighted by atomic mass is 16.5. The summed E-state index contributed by atoms with van der Waals surface area (Å²) in [6, 6.07) is 0. The third-order valence-corrected chi connectivity index (χ3v) is 2.77. The average Bonchev–Trinajstić information content (AvgIpc) is 2.23. The molecule has 0 aromatic heterocycles. The third kappa shape index (κ3) is 5.58. The van der Waals surface area contributed by atoms with E-state index in [0.29, 0.717) is 6.54 Å². The molecule has 2 N–H and O–H groups in total. The molecule has 14 heavy (non-hydrogen) atoms. The summed E-state index contributed by atoms with van der Waals surface area (Å²) in [5, 5.41) is 0. The van der Waals surface area contributed by atoms with Crippen LogP contribution in [0.15, 0.2) is 0 Å². The first-order valence-electron chi connectivity index (χ1n) is 5.63. The zero-order chi connectivity index (χ0) is 11.0. The lowest BCUT2D eigenvalue weighted by atomic mass is 10.1. The van der Waals surface area contributed by atoms with Gasteiger partial charge in [-0.05, 0) is 12.5 Å². The van der Waals surface area contributed by atoms with E-state index in [0.717, 1.165) is 25.6 Å². The number of likely N-dealkylation sites (N-methyl/N-ethyl adjacent to an activating group) is 1. The lowest BCUT2D eigenvalue weighted by Gasteiger charge is -2.27. The van der Waals surface area contributed by atoms with Crippen molar-refractivity contribution in [3.8, 4) is 0 Å². The molecular weight excluding hydrogens is 176 g/mol. The van der Waals surface area contributed by atoms with Crippen LogP contribution >= 0.6 is 0 Å². The van der Waals surface area contributed by atoms with Gasteiger partial charge in [0.05, 0.1) is 6.10 Å². The smallest absolute Gasteiger partial charge is 0.0820 e. The van der Waals surface area contributed by atoms with E-state index < -0.39 is 0 Å². The highest BCUT2D eigenvalue weighted by Crippen LogP contribution is 2.05. The molecule has 0 aliphatic heterocycles. The Morgan fingerprint density at radius 3 is 2.29 bits per heavy atom. The summed E-state index contributed by atoms with van der Waals surface area (Å²) in [7, 11) is 1.73. The fraction of sp³-hybridized carbons (Fsp3) is 1.00. The maximum absolute atomic E-state index is 5.60. The minimum Gasteiger partial charge on any atom is -0.379 e. The SMILES string of the molecule is CCC(C)CN(CC)CC(CN)OC. The molecular formula is C11H26N2O. The zero-order valence-electron chi connectivity index (χ0n) is 10.1. The fourth-order valence-corrected chi connectivity index (χ4v) is 1.44. The summed E-state index contributed by atoms with van der Waals surface area (Å²) < 4.78 is 5.28. The standard InChI is InChI=1S/C11H26N2O/c1-5-10(3)8-13(6-2)9-11(7-12)14-4/h10-11H,5-9,12H2,1-4H3. The van der Waals surface area contributed by atoms with Crippen molar-refractivity contribution in [3.63, 3.8) is 0 Å². The maximum Gasteiger partial charge on any atom is 0.0820 e. The van der Waals surface area contributed by atoms with Crippen molar-refractivity contribution in [1.29, 1.82) is 0 Å². The number of nitrogens with two attached hydrogens (primary N) is 1. The van der Waals surface area contributed by atoms with Crippen LogP contribution in [0.25, 0.3) is 0 Å². The average molecular weight is 202 g/mol. The Labute approximate surface area is 88.6 Å². The van der Waals surface area contributed by atoms with E-state index in [2.05, 4.69) is 25.7 Å². The van der Waals surface area contributed by atoms with Crippen LogP contribution in [0.5, 0.6) is 0 Å². The normalized spacial score (nSPS) is 15.9. The molecule has 0 bridgehead atoms. The van der Waals surface area contributed by atoms with Crippen molar-refractivity contribution in [2.45, 2.75) is 33.3 Å². The Balaban J connectivity index is 3.88. The summed E-state index contributed by atoms with van der Waals surface area (Å²) in [6.07, 6.45) is 1.41. The second kappa shape index (κ2) is 8.21. The number of methoxy groups -OCH3 is 1. The second-order valence-electron chi connectivity index (χ2n) is 3.96. The van der Waals surface area contributed by atoms with Crippen LogP contribution in [0.3, 0.4) is 0 Å². The zero-order valence-corrected chi connectivity index (χ0v) is 10.1. The van der Waals surface area contributed by atoms with E-state index in [4.69, 9.17) is 10.5 Å². The first-order valence-corrected chi connectivity index (χ1v) is 5.63. The van der Waals surface area contributed by atoms with E-state index in [1.807, 2.05) is 0 Å². The molecule has 0 heterocycles. The van der Waals surface area contributed by atoms with Crippen molar-refractivity contribution < 1.29 is 4.74 Å². The van der Waals surface area contributed by atoms with Crippen molar-refractivity contribution >= 4 is 0 Å². The largest absolute Gasteiger partial charge is 0.379 e. The van der Waals surface area contributed by atoms with Crippen LogP contribution in [0, 0.1) is 5.92 Å². The molecule has 86 valence electrons. The number of nitrogens with zero attached hydrogens (tertiary/aromatic N) is 1. The van der Waals surface area contributed by atoms with Gasteiger partial charge in [-0.1, -0.05) is 27.2 Å². The van der Waals surface area contributed by atoms with Crippen molar-refractivity contribution in [2.75, 3.05) is 33.3 Å². The molecule has 0 aromatic rings. The molecule has 0 saturated carbocycles. The summed E-state index contributed by atoms with van der Waals surface area (Å²) >= 11 is 0. The van der Waals surface area contributed by atoms with Crippen LogP contribution in [0.2, 0.25) is 0 Å². The summed E-state index contributed by atoms with van der Waals surface area (Å²) in [6.45, 7) is 10.5. The lowest BCUT2D eigenvalue weighted by molar-refractivity contribution is 0.0668. The minimum atomic E-state index is 0.180. The van der Waals surface area contributed by atoms with E-state index in [1.165, 1.54) is 6.42 Å². The maximum atomic E-state index is 5.60. The van der Waals surface area contributed by atoms with Crippen LogP contribution in [-0.4, -0.2) is 44.3 Å². The number of hydrogen-bond donors (Lipinski definition) is 1. The van der Waals surface area contributed by atoms with Gasteiger partial charge in [0, 0.05) is 26.7 Å².